The Kier molecular flexibility index (Phi) is 7.46. The van der Waals surface area contributed by atoms with Gasteiger partial charge in [0.05, 0.1) is 22.4 Å². The summed E-state index contributed by atoms with van der Waals surface area (Å²) in [6, 6.07) is 70.3. The van der Waals surface area contributed by atoms with Crippen molar-refractivity contribution < 1.29 is 4.42 Å². The Labute approximate surface area is 323 Å². The molecule has 0 N–H and O–H groups in total. The number of furan rings is 1. The Morgan fingerprint density at radius 1 is 0.357 bits per heavy atom. The fraction of sp³-hybridized carbons (Fsp3) is 0. The Morgan fingerprint density at radius 2 is 0.946 bits per heavy atom. The van der Waals surface area contributed by atoms with Crippen molar-refractivity contribution >= 4 is 43.7 Å². The monoisotopic (exact) mass is 715 g/mol. The third-order valence-electron chi connectivity index (χ3n) is 10.8. The summed E-state index contributed by atoms with van der Waals surface area (Å²) in [6.45, 7) is 0. The van der Waals surface area contributed by atoms with E-state index >= 15 is 0 Å². The Hall–Kier alpha value is -7.56. The lowest BCUT2D eigenvalue weighted by molar-refractivity contribution is 0.669. The molecule has 0 spiro atoms. The van der Waals surface area contributed by atoms with E-state index in [9.17, 15) is 0 Å². The smallest absolute Gasteiger partial charge is 0.160 e. The molecule has 4 heteroatoms. The van der Waals surface area contributed by atoms with Gasteiger partial charge in [-0.25, -0.2) is 9.97 Å². The van der Waals surface area contributed by atoms with Crippen molar-refractivity contribution in [3.63, 3.8) is 0 Å². The van der Waals surface area contributed by atoms with Crippen LogP contribution in [0, 0.1) is 0 Å². The predicted molar refractivity (Wildman–Crippen MR) is 231 cm³/mol. The molecule has 0 saturated carbocycles. The number of para-hydroxylation sites is 1. The van der Waals surface area contributed by atoms with E-state index in [1.807, 2.05) is 36.4 Å². The standard InChI is InChI=1S/C52H33N3O/c1-4-14-34(15-5-1)37-26-28-49-43(31-37)44-32-40(27-29-50(44)56-49)55-47-24-11-10-22-42(47)51-41(23-13-25-48(51)55)38-20-12-21-39(30-38)46-33-45(35-16-6-2-7-17-35)53-52(54-46)36-18-8-3-9-19-36/h1-33H. The molecule has 0 amide bonds. The molecule has 0 aliphatic rings. The highest BCUT2D eigenvalue weighted by Crippen LogP contribution is 2.41. The van der Waals surface area contributed by atoms with Gasteiger partial charge in [-0.15, -0.1) is 0 Å². The maximum atomic E-state index is 6.36. The minimum Gasteiger partial charge on any atom is -0.456 e. The molecule has 56 heavy (non-hydrogen) atoms. The molecule has 0 aliphatic carbocycles. The van der Waals surface area contributed by atoms with Crippen LogP contribution in [-0.4, -0.2) is 14.5 Å². The number of fused-ring (bicyclic) bond motifs is 6. The number of nitrogens with zero attached hydrogens (tertiary/aromatic N) is 3. The molecule has 3 aromatic heterocycles. The molecule has 11 aromatic rings. The largest absolute Gasteiger partial charge is 0.456 e. The molecule has 0 bridgehead atoms. The number of hydrogen-bond acceptors (Lipinski definition) is 3. The molecule has 0 radical (unpaired) electrons. The van der Waals surface area contributed by atoms with Crippen LogP contribution in [0.25, 0.3) is 106 Å². The molecule has 8 aromatic carbocycles. The zero-order chi connectivity index (χ0) is 37.0. The molecule has 11 rings (SSSR count). The maximum absolute atomic E-state index is 6.36. The van der Waals surface area contributed by atoms with E-state index in [0.717, 1.165) is 72.3 Å². The second kappa shape index (κ2) is 13.1. The maximum Gasteiger partial charge on any atom is 0.160 e. The molecule has 0 fully saturated rings. The van der Waals surface area contributed by atoms with Gasteiger partial charge in [0.2, 0.25) is 0 Å². The van der Waals surface area contributed by atoms with Gasteiger partial charge >= 0.3 is 0 Å². The van der Waals surface area contributed by atoms with E-state index in [1.54, 1.807) is 0 Å². The highest BCUT2D eigenvalue weighted by molar-refractivity contribution is 6.16. The molecule has 0 saturated heterocycles. The summed E-state index contributed by atoms with van der Waals surface area (Å²) >= 11 is 0. The van der Waals surface area contributed by atoms with Crippen molar-refractivity contribution in [1.82, 2.24) is 14.5 Å². The summed E-state index contributed by atoms with van der Waals surface area (Å²) in [4.78, 5) is 10.1. The fourth-order valence-corrected chi connectivity index (χ4v) is 8.17. The van der Waals surface area contributed by atoms with E-state index in [1.165, 1.54) is 27.5 Å². The zero-order valence-electron chi connectivity index (χ0n) is 30.3. The van der Waals surface area contributed by atoms with Crippen LogP contribution >= 0.6 is 0 Å². The summed E-state index contributed by atoms with van der Waals surface area (Å²) in [5, 5.41) is 4.62. The van der Waals surface area contributed by atoms with Gasteiger partial charge in [0.25, 0.3) is 0 Å². The number of rotatable bonds is 6. The number of benzene rings is 8. The predicted octanol–water partition coefficient (Wildman–Crippen LogP) is 13.8. The van der Waals surface area contributed by atoms with Crippen LogP contribution in [0.2, 0.25) is 0 Å². The third-order valence-corrected chi connectivity index (χ3v) is 10.8. The third kappa shape index (κ3) is 5.39. The summed E-state index contributed by atoms with van der Waals surface area (Å²) in [5.41, 5.74) is 14.6. The minimum absolute atomic E-state index is 0.705. The van der Waals surface area contributed by atoms with E-state index in [0.29, 0.717) is 5.82 Å². The first-order chi connectivity index (χ1) is 27.7. The van der Waals surface area contributed by atoms with Crippen LogP contribution in [0.1, 0.15) is 0 Å². The van der Waals surface area contributed by atoms with Gasteiger partial charge in [-0.2, -0.15) is 0 Å². The van der Waals surface area contributed by atoms with Gasteiger partial charge in [0, 0.05) is 43.9 Å². The lowest BCUT2D eigenvalue weighted by Gasteiger charge is -2.12. The second-order valence-corrected chi connectivity index (χ2v) is 14.2. The van der Waals surface area contributed by atoms with Crippen molar-refractivity contribution in [2.24, 2.45) is 0 Å². The summed E-state index contributed by atoms with van der Waals surface area (Å²) in [5.74, 6) is 0.705. The van der Waals surface area contributed by atoms with Crippen LogP contribution < -0.4 is 0 Å². The Balaban J connectivity index is 1.07. The van der Waals surface area contributed by atoms with Crippen LogP contribution in [0.15, 0.2) is 205 Å². The van der Waals surface area contributed by atoms with Gasteiger partial charge in [-0.05, 0) is 76.9 Å². The minimum atomic E-state index is 0.705. The van der Waals surface area contributed by atoms with Crippen molar-refractivity contribution in [1.29, 1.82) is 0 Å². The number of aromatic nitrogens is 3. The van der Waals surface area contributed by atoms with Gasteiger partial charge in [0.15, 0.2) is 5.82 Å². The van der Waals surface area contributed by atoms with E-state index < -0.39 is 0 Å². The van der Waals surface area contributed by atoms with E-state index in [4.69, 9.17) is 14.4 Å². The van der Waals surface area contributed by atoms with Gasteiger partial charge in [-0.3, -0.25) is 0 Å². The molecule has 3 heterocycles. The van der Waals surface area contributed by atoms with E-state index in [-0.39, 0.29) is 0 Å². The topological polar surface area (TPSA) is 43.9 Å². The van der Waals surface area contributed by atoms with Gasteiger partial charge in [-0.1, -0.05) is 146 Å². The highest BCUT2D eigenvalue weighted by Gasteiger charge is 2.19. The van der Waals surface area contributed by atoms with Crippen LogP contribution in [-0.2, 0) is 0 Å². The lowest BCUT2D eigenvalue weighted by Crippen LogP contribution is -1.96. The molecule has 0 atom stereocenters. The van der Waals surface area contributed by atoms with Gasteiger partial charge in [0.1, 0.15) is 11.2 Å². The van der Waals surface area contributed by atoms with Crippen LogP contribution in [0.3, 0.4) is 0 Å². The molecular formula is C52H33N3O. The van der Waals surface area contributed by atoms with Crippen LogP contribution in [0.4, 0.5) is 0 Å². The first-order valence-electron chi connectivity index (χ1n) is 18.9. The van der Waals surface area contributed by atoms with E-state index in [2.05, 4.69) is 168 Å². The van der Waals surface area contributed by atoms with Crippen molar-refractivity contribution in [3.8, 4) is 61.8 Å². The summed E-state index contributed by atoms with van der Waals surface area (Å²) in [6.07, 6.45) is 0. The van der Waals surface area contributed by atoms with Crippen molar-refractivity contribution in [2.45, 2.75) is 0 Å². The molecule has 0 aliphatic heterocycles. The molecular weight excluding hydrogens is 683 g/mol. The summed E-state index contributed by atoms with van der Waals surface area (Å²) in [7, 11) is 0. The average Bonchev–Trinajstić information content (AvgIpc) is 3.82. The quantitative estimate of drug-likeness (QED) is 0.172. The normalized spacial score (nSPS) is 11.6. The average molecular weight is 716 g/mol. The highest BCUT2D eigenvalue weighted by atomic mass is 16.3. The van der Waals surface area contributed by atoms with Crippen molar-refractivity contribution in [3.05, 3.63) is 200 Å². The molecule has 0 unspecified atom stereocenters. The van der Waals surface area contributed by atoms with Crippen LogP contribution in [0.5, 0.6) is 0 Å². The SMILES string of the molecule is c1ccc(-c2ccc3oc4ccc(-n5c6ccccc6c6c(-c7cccc(-c8cc(-c9ccccc9)nc(-c9ccccc9)n8)c7)cccc65)cc4c3c2)cc1. The number of hydrogen-bond donors (Lipinski definition) is 0. The first kappa shape index (κ1) is 31.9. The lowest BCUT2D eigenvalue weighted by atomic mass is 9.97. The first-order valence-corrected chi connectivity index (χ1v) is 18.9. The fourth-order valence-electron chi connectivity index (χ4n) is 8.17. The zero-order valence-corrected chi connectivity index (χ0v) is 30.3. The molecule has 4 nitrogen and oxygen atoms in total. The van der Waals surface area contributed by atoms with Gasteiger partial charge < -0.3 is 8.98 Å². The molecule has 262 valence electrons. The second-order valence-electron chi connectivity index (χ2n) is 14.2. The van der Waals surface area contributed by atoms with Crippen molar-refractivity contribution in [2.75, 3.05) is 0 Å². The summed E-state index contributed by atoms with van der Waals surface area (Å²) < 4.78 is 8.75. The Morgan fingerprint density at radius 3 is 1.73 bits per heavy atom. The Bertz CT molecular complexity index is 3180.